The minimum Gasteiger partial charge on any atom is -0.493 e. The zero-order valence-corrected chi connectivity index (χ0v) is 21.1. The summed E-state index contributed by atoms with van der Waals surface area (Å²) in [5, 5.41) is 9.78. The lowest BCUT2D eigenvalue weighted by Gasteiger charge is -2.30. The van der Waals surface area contributed by atoms with Gasteiger partial charge in [0.05, 0.1) is 12.7 Å². The Kier molecular flexibility index (Phi) is 8.93. The van der Waals surface area contributed by atoms with Crippen LogP contribution in [0.25, 0.3) is 11.1 Å². The quantitative estimate of drug-likeness (QED) is 0.222. The van der Waals surface area contributed by atoms with Gasteiger partial charge in [0.2, 0.25) is 5.82 Å². The fraction of sp³-hybridized carbons (Fsp3) is 0.355. The third kappa shape index (κ3) is 6.55. The summed E-state index contributed by atoms with van der Waals surface area (Å²) < 4.78 is 55.3. The predicted octanol–water partition coefficient (Wildman–Crippen LogP) is 7.96. The third-order valence-corrected chi connectivity index (χ3v) is 7.16. The van der Waals surface area contributed by atoms with E-state index in [0.29, 0.717) is 35.5 Å². The van der Waals surface area contributed by atoms with Crippen LogP contribution in [-0.4, -0.2) is 17.8 Å². The number of benzene rings is 3. The fourth-order valence-corrected chi connectivity index (χ4v) is 4.91. The molecule has 3 nitrogen and oxygen atoms in total. The first-order valence-electron chi connectivity index (χ1n) is 12.8. The van der Waals surface area contributed by atoms with Crippen LogP contribution in [0.4, 0.5) is 13.2 Å². The maximum Gasteiger partial charge on any atom is 0.200 e. The van der Waals surface area contributed by atoms with Gasteiger partial charge in [-0.3, -0.25) is 0 Å². The van der Waals surface area contributed by atoms with Crippen LogP contribution in [0.2, 0.25) is 0 Å². The van der Waals surface area contributed by atoms with Gasteiger partial charge in [-0.15, -0.1) is 6.58 Å². The van der Waals surface area contributed by atoms with Crippen LogP contribution >= 0.6 is 0 Å². The summed E-state index contributed by atoms with van der Waals surface area (Å²) in [7, 11) is 0. The van der Waals surface area contributed by atoms with Crippen LogP contribution in [0.15, 0.2) is 67.3 Å². The molecule has 4 rings (SSSR count). The van der Waals surface area contributed by atoms with Gasteiger partial charge in [-0.05, 0) is 85.8 Å². The molecule has 0 aliphatic heterocycles. The highest BCUT2D eigenvalue weighted by Gasteiger charge is 2.28. The Bertz CT molecular complexity index is 1200. The van der Waals surface area contributed by atoms with Crippen LogP contribution in [0, 0.1) is 23.4 Å². The average molecular weight is 511 g/mol. The van der Waals surface area contributed by atoms with E-state index in [1.54, 1.807) is 55.5 Å². The lowest BCUT2D eigenvalue weighted by Crippen LogP contribution is -2.23. The summed E-state index contributed by atoms with van der Waals surface area (Å²) in [6.07, 6.45) is 5.10. The van der Waals surface area contributed by atoms with Crippen molar-refractivity contribution in [1.82, 2.24) is 0 Å². The summed E-state index contributed by atoms with van der Waals surface area (Å²) in [4.78, 5) is 0. The number of hydrogen-bond acceptors (Lipinski definition) is 3. The zero-order chi connectivity index (χ0) is 26.4. The first kappa shape index (κ1) is 26.8. The molecule has 0 amide bonds. The van der Waals surface area contributed by atoms with E-state index in [0.717, 1.165) is 31.2 Å². The lowest BCUT2D eigenvalue weighted by molar-refractivity contribution is 0.0963. The SMILES string of the molecule is C=CCCOc1ccc(-c2ccc(COc3ccc(C4CCC(C(C)O)CC4)c(F)c3F)cc2)c(F)c1. The molecule has 0 saturated heterocycles. The van der Waals surface area contributed by atoms with E-state index in [1.165, 1.54) is 12.1 Å². The zero-order valence-electron chi connectivity index (χ0n) is 21.1. The van der Waals surface area contributed by atoms with E-state index < -0.39 is 17.5 Å². The van der Waals surface area contributed by atoms with Crippen LogP contribution in [0.3, 0.4) is 0 Å². The summed E-state index contributed by atoms with van der Waals surface area (Å²) in [5.74, 6) is -1.75. The molecule has 37 heavy (non-hydrogen) atoms. The number of hydrogen-bond donors (Lipinski definition) is 1. The molecule has 196 valence electrons. The standard InChI is InChI=1S/C31H33F3O3/c1-3-4-17-36-25-13-14-26(28(32)18-25)23-7-5-21(6-8-23)19-37-29-16-15-27(30(33)31(29)34)24-11-9-22(10-12-24)20(2)35/h3,5-8,13-16,18,20,22,24,35H,1,4,9-12,17,19H2,2H3. The van der Waals surface area contributed by atoms with Gasteiger partial charge in [-0.25, -0.2) is 8.78 Å². The molecule has 0 radical (unpaired) electrons. The van der Waals surface area contributed by atoms with Crippen LogP contribution in [-0.2, 0) is 6.61 Å². The molecule has 1 N–H and O–H groups in total. The van der Waals surface area contributed by atoms with Gasteiger partial charge in [0.15, 0.2) is 11.6 Å². The van der Waals surface area contributed by atoms with Gasteiger partial charge in [0, 0.05) is 11.6 Å². The number of halogens is 3. The maximum atomic E-state index is 14.9. The molecule has 0 bridgehead atoms. The first-order chi connectivity index (χ1) is 17.9. The number of aliphatic hydroxyl groups is 1. The second kappa shape index (κ2) is 12.3. The molecule has 1 fully saturated rings. The molecule has 3 aromatic carbocycles. The van der Waals surface area contributed by atoms with Crippen molar-refractivity contribution in [2.24, 2.45) is 5.92 Å². The monoisotopic (exact) mass is 510 g/mol. The van der Waals surface area contributed by atoms with Crippen molar-refractivity contribution in [2.45, 2.75) is 57.7 Å². The normalized spacial score (nSPS) is 18.3. The minimum absolute atomic E-state index is 0.0496. The Morgan fingerprint density at radius 1 is 0.946 bits per heavy atom. The molecule has 1 unspecified atom stereocenters. The van der Waals surface area contributed by atoms with Crippen molar-refractivity contribution in [1.29, 1.82) is 0 Å². The molecule has 1 saturated carbocycles. The van der Waals surface area contributed by atoms with Crippen molar-refractivity contribution in [3.63, 3.8) is 0 Å². The van der Waals surface area contributed by atoms with E-state index in [1.807, 2.05) is 0 Å². The van der Waals surface area contributed by atoms with Crippen LogP contribution in [0.1, 0.15) is 56.1 Å². The Morgan fingerprint density at radius 2 is 1.68 bits per heavy atom. The largest absolute Gasteiger partial charge is 0.493 e. The highest BCUT2D eigenvalue weighted by Crippen LogP contribution is 2.39. The summed E-state index contributed by atoms with van der Waals surface area (Å²) >= 11 is 0. The second-order valence-electron chi connectivity index (χ2n) is 9.69. The van der Waals surface area contributed by atoms with Crippen LogP contribution in [0.5, 0.6) is 11.5 Å². The van der Waals surface area contributed by atoms with E-state index in [-0.39, 0.29) is 30.3 Å². The Hall–Kier alpha value is -3.25. The van der Waals surface area contributed by atoms with Gasteiger partial charge in [-0.1, -0.05) is 36.4 Å². The van der Waals surface area contributed by atoms with Gasteiger partial charge >= 0.3 is 0 Å². The smallest absolute Gasteiger partial charge is 0.200 e. The molecule has 1 aliphatic carbocycles. The molecule has 3 aromatic rings. The van der Waals surface area contributed by atoms with Crippen molar-refractivity contribution in [3.8, 4) is 22.6 Å². The second-order valence-corrected chi connectivity index (χ2v) is 9.69. The van der Waals surface area contributed by atoms with Gasteiger partial charge in [-0.2, -0.15) is 4.39 Å². The molecule has 0 spiro atoms. The topological polar surface area (TPSA) is 38.7 Å². The Balaban J connectivity index is 1.37. The number of aliphatic hydroxyl groups excluding tert-OH is 1. The average Bonchev–Trinajstić information content (AvgIpc) is 2.90. The van der Waals surface area contributed by atoms with Gasteiger partial charge in [0.1, 0.15) is 18.2 Å². The molecule has 1 aliphatic rings. The third-order valence-electron chi connectivity index (χ3n) is 7.16. The van der Waals surface area contributed by atoms with Crippen molar-refractivity contribution >= 4 is 0 Å². The first-order valence-corrected chi connectivity index (χ1v) is 12.8. The van der Waals surface area contributed by atoms with Gasteiger partial charge in [0.25, 0.3) is 0 Å². The Labute approximate surface area is 216 Å². The number of ether oxygens (including phenoxy) is 2. The Morgan fingerprint density at radius 3 is 2.32 bits per heavy atom. The predicted molar refractivity (Wildman–Crippen MR) is 139 cm³/mol. The summed E-state index contributed by atoms with van der Waals surface area (Å²) in [6.45, 7) is 5.90. The molecule has 6 heteroatoms. The molecule has 1 atom stereocenters. The summed E-state index contributed by atoms with van der Waals surface area (Å²) in [6, 6.07) is 14.9. The summed E-state index contributed by atoms with van der Waals surface area (Å²) in [5.41, 5.74) is 2.24. The molecular formula is C31H33F3O3. The van der Waals surface area contributed by atoms with Crippen molar-refractivity contribution in [2.75, 3.05) is 6.61 Å². The van der Waals surface area contributed by atoms with E-state index in [4.69, 9.17) is 9.47 Å². The number of rotatable bonds is 10. The van der Waals surface area contributed by atoms with E-state index in [2.05, 4.69) is 6.58 Å². The lowest BCUT2D eigenvalue weighted by atomic mass is 9.77. The molecular weight excluding hydrogens is 477 g/mol. The van der Waals surface area contributed by atoms with Crippen molar-refractivity contribution < 1.29 is 27.8 Å². The minimum atomic E-state index is -0.982. The van der Waals surface area contributed by atoms with E-state index in [9.17, 15) is 18.3 Å². The maximum absolute atomic E-state index is 14.9. The van der Waals surface area contributed by atoms with E-state index >= 15 is 0 Å². The molecule has 0 heterocycles. The fourth-order valence-electron chi connectivity index (χ4n) is 4.91. The van der Waals surface area contributed by atoms with Crippen LogP contribution < -0.4 is 9.47 Å². The highest BCUT2D eigenvalue weighted by atomic mass is 19.2. The van der Waals surface area contributed by atoms with Crippen molar-refractivity contribution in [3.05, 3.63) is 95.8 Å². The molecule has 0 aromatic heterocycles. The highest BCUT2D eigenvalue weighted by molar-refractivity contribution is 5.65. The van der Waals surface area contributed by atoms with Gasteiger partial charge < -0.3 is 14.6 Å².